The molecule has 0 bridgehead atoms. The molecule has 14 heavy (non-hydrogen) atoms. The second-order valence-electron chi connectivity index (χ2n) is 3.92. The van der Waals surface area contributed by atoms with Gasteiger partial charge in [-0.05, 0) is 6.42 Å². The lowest BCUT2D eigenvalue weighted by atomic mass is 9.84. The van der Waals surface area contributed by atoms with Crippen LogP contribution in [0.5, 0.6) is 0 Å². The lowest BCUT2D eigenvalue weighted by Crippen LogP contribution is -2.46. The van der Waals surface area contributed by atoms with Gasteiger partial charge in [-0.3, -0.25) is 0 Å². The molecule has 1 saturated heterocycles. The minimum atomic E-state index is -3.91. The molecule has 0 aromatic carbocycles. The van der Waals surface area contributed by atoms with Crippen LogP contribution in [0, 0.1) is 5.41 Å². The molecule has 0 saturated carbocycles. The van der Waals surface area contributed by atoms with Gasteiger partial charge < -0.3 is 23.9 Å². The van der Waals surface area contributed by atoms with Gasteiger partial charge in [-0.1, -0.05) is 6.92 Å². The minimum Gasteiger partial charge on any atom is -0.390 e. The Morgan fingerprint density at radius 2 is 2.00 bits per heavy atom. The predicted octanol–water partition coefficient (Wildman–Crippen LogP) is -0.655. The van der Waals surface area contributed by atoms with Crippen LogP contribution in [0.3, 0.4) is 0 Å². The molecule has 0 atom stereocenters. The van der Waals surface area contributed by atoms with Gasteiger partial charge in [0.2, 0.25) is 0 Å². The second kappa shape index (κ2) is 4.69. The van der Waals surface area contributed by atoms with Crippen molar-refractivity contribution < 1.29 is 23.9 Å². The summed E-state index contributed by atoms with van der Waals surface area (Å²) in [6.07, 6.45) is 0.993. The zero-order valence-electron chi connectivity index (χ0n) is 8.40. The molecule has 1 fully saturated rings. The van der Waals surface area contributed by atoms with Gasteiger partial charge in [0, 0.05) is 11.5 Å². The highest BCUT2D eigenvalue weighted by Gasteiger charge is 2.37. The number of hydrogen-bond donors (Lipinski definition) is 3. The standard InChI is InChI=1S/C8H18O5Si/c1-2-8(6-13-7-8)5-12-3-4-14(9,10)11/h9-11H,2-7H2,1H3. The third kappa shape index (κ3) is 3.64. The van der Waals surface area contributed by atoms with Crippen LogP contribution in [-0.4, -0.2) is 49.6 Å². The van der Waals surface area contributed by atoms with Crippen LogP contribution in [0.2, 0.25) is 6.04 Å². The van der Waals surface area contributed by atoms with Crippen LogP contribution in [0.25, 0.3) is 0 Å². The van der Waals surface area contributed by atoms with E-state index in [4.69, 9.17) is 23.9 Å². The van der Waals surface area contributed by atoms with E-state index in [2.05, 4.69) is 6.92 Å². The smallest absolute Gasteiger partial charge is 0.390 e. The third-order valence-corrected chi connectivity index (χ3v) is 3.43. The van der Waals surface area contributed by atoms with Crippen molar-refractivity contribution in [3.63, 3.8) is 0 Å². The van der Waals surface area contributed by atoms with Crippen LogP contribution in [0.4, 0.5) is 0 Å². The Morgan fingerprint density at radius 1 is 1.36 bits per heavy atom. The van der Waals surface area contributed by atoms with Crippen molar-refractivity contribution in [1.29, 1.82) is 0 Å². The Labute approximate surface area is 84.6 Å². The molecule has 0 aromatic rings. The van der Waals surface area contributed by atoms with E-state index in [1.54, 1.807) is 0 Å². The number of ether oxygens (including phenoxy) is 2. The van der Waals surface area contributed by atoms with Crippen LogP contribution in [0.1, 0.15) is 13.3 Å². The molecule has 1 rings (SSSR count). The highest BCUT2D eigenvalue weighted by atomic mass is 28.4. The van der Waals surface area contributed by atoms with Gasteiger partial charge in [-0.2, -0.15) is 0 Å². The van der Waals surface area contributed by atoms with E-state index in [-0.39, 0.29) is 18.1 Å². The number of hydrogen-bond acceptors (Lipinski definition) is 5. The monoisotopic (exact) mass is 222 g/mol. The summed E-state index contributed by atoms with van der Waals surface area (Å²) < 4.78 is 10.4. The molecule has 3 N–H and O–H groups in total. The highest BCUT2D eigenvalue weighted by molar-refractivity contribution is 6.56. The zero-order chi connectivity index (χ0) is 10.7. The molecule has 1 aliphatic rings. The molecular weight excluding hydrogens is 204 g/mol. The van der Waals surface area contributed by atoms with Crippen molar-refractivity contribution in [2.45, 2.75) is 19.4 Å². The first-order valence-corrected chi connectivity index (χ1v) is 6.85. The summed E-state index contributed by atoms with van der Waals surface area (Å²) in [4.78, 5) is 26.2. The van der Waals surface area contributed by atoms with E-state index < -0.39 is 8.80 Å². The van der Waals surface area contributed by atoms with E-state index in [1.165, 1.54) is 0 Å². The van der Waals surface area contributed by atoms with E-state index >= 15 is 0 Å². The normalized spacial score (nSPS) is 20.6. The minimum absolute atomic E-state index is 0.0619. The summed E-state index contributed by atoms with van der Waals surface area (Å²) in [5.41, 5.74) is 0.116. The molecule has 0 spiro atoms. The fourth-order valence-electron chi connectivity index (χ4n) is 1.28. The predicted molar refractivity (Wildman–Crippen MR) is 51.6 cm³/mol. The van der Waals surface area contributed by atoms with Crippen molar-refractivity contribution in [1.82, 2.24) is 0 Å². The third-order valence-electron chi connectivity index (χ3n) is 2.56. The maximum absolute atomic E-state index is 8.72. The highest BCUT2D eigenvalue weighted by Crippen LogP contribution is 2.31. The summed E-state index contributed by atoms with van der Waals surface area (Å²) in [5, 5.41) is 0. The van der Waals surface area contributed by atoms with Crippen LogP contribution < -0.4 is 0 Å². The van der Waals surface area contributed by atoms with Crippen molar-refractivity contribution in [3.05, 3.63) is 0 Å². The summed E-state index contributed by atoms with van der Waals surface area (Å²) in [7, 11) is -3.91. The molecule has 0 aliphatic carbocycles. The lowest BCUT2D eigenvalue weighted by molar-refractivity contribution is -0.149. The fourth-order valence-corrected chi connectivity index (χ4v) is 1.70. The van der Waals surface area contributed by atoms with Gasteiger partial charge in [0.15, 0.2) is 0 Å². The molecule has 84 valence electrons. The fraction of sp³-hybridized carbons (Fsp3) is 1.00. The van der Waals surface area contributed by atoms with Crippen molar-refractivity contribution in [3.8, 4) is 0 Å². The SMILES string of the molecule is CCC1(COCC[Si](O)(O)O)COC1. The number of rotatable bonds is 6. The van der Waals surface area contributed by atoms with Gasteiger partial charge in [-0.15, -0.1) is 0 Å². The molecule has 0 aromatic heterocycles. The second-order valence-corrected chi connectivity index (χ2v) is 5.97. The first-order chi connectivity index (χ1) is 6.47. The first-order valence-electron chi connectivity index (χ1n) is 4.80. The Balaban J connectivity index is 2.09. The quantitative estimate of drug-likeness (QED) is 0.411. The van der Waals surface area contributed by atoms with E-state index in [1.807, 2.05) is 0 Å². The largest absolute Gasteiger partial charge is 0.495 e. The Morgan fingerprint density at radius 3 is 2.36 bits per heavy atom. The molecule has 1 aliphatic heterocycles. The van der Waals surface area contributed by atoms with Crippen LogP contribution >= 0.6 is 0 Å². The van der Waals surface area contributed by atoms with Crippen molar-refractivity contribution >= 4 is 8.80 Å². The average molecular weight is 222 g/mol. The molecular formula is C8H18O5Si. The molecule has 5 nitrogen and oxygen atoms in total. The van der Waals surface area contributed by atoms with Gasteiger partial charge in [0.1, 0.15) is 0 Å². The maximum Gasteiger partial charge on any atom is 0.495 e. The van der Waals surface area contributed by atoms with Gasteiger partial charge in [-0.25, -0.2) is 0 Å². The van der Waals surface area contributed by atoms with E-state index in [9.17, 15) is 0 Å². The van der Waals surface area contributed by atoms with Gasteiger partial charge in [0.05, 0.1) is 26.4 Å². The summed E-state index contributed by atoms with van der Waals surface area (Å²) >= 11 is 0. The molecule has 0 unspecified atom stereocenters. The van der Waals surface area contributed by atoms with Crippen molar-refractivity contribution in [2.24, 2.45) is 5.41 Å². The molecule has 0 radical (unpaired) electrons. The average Bonchev–Trinajstić information content (AvgIpc) is 2.00. The van der Waals surface area contributed by atoms with Crippen molar-refractivity contribution in [2.75, 3.05) is 26.4 Å². The van der Waals surface area contributed by atoms with E-state index in [0.717, 1.165) is 6.42 Å². The first kappa shape index (κ1) is 12.1. The van der Waals surface area contributed by atoms with Gasteiger partial charge in [0.25, 0.3) is 0 Å². The summed E-state index contributed by atoms with van der Waals surface area (Å²) in [6.45, 7) is 4.26. The van der Waals surface area contributed by atoms with Crippen LogP contribution in [0.15, 0.2) is 0 Å². The van der Waals surface area contributed by atoms with Crippen LogP contribution in [-0.2, 0) is 9.47 Å². The topological polar surface area (TPSA) is 79.2 Å². The zero-order valence-corrected chi connectivity index (χ0v) is 9.40. The Kier molecular flexibility index (Phi) is 4.05. The van der Waals surface area contributed by atoms with E-state index in [0.29, 0.717) is 19.8 Å². The van der Waals surface area contributed by atoms with Gasteiger partial charge >= 0.3 is 8.80 Å². The molecule has 0 amide bonds. The molecule has 6 heteroatoms. The molecule has 1 heterocycles. The lowest BCUT2D eigenvalue weighted by Gasteiger charge is -2.40. The Bertz CT molecular complexity index is 170. The maximum atomic E-state index is 8.72. The summed E-state index contributed by atoms with van der Waals surface area (Å²) in [5.74, 6) is 0. The Hall–Kier alpha value is 0.0169. The summed E-state index contributed by atoms with van der Waals surface area (Å²) in [6, 6.07) is -0.0619.